The molecule has 0 spiro atoms. The minimum Gasteiger partial charge on any atom is -0.395 e. The largest absolute Gasteiger partial charge is 0.416 e. The van der Waals surface area contributed by atoms with Crippen LogP contribution >= 0.6 is 0 Å². The number of aliphatic hydroxyl groups excluding tert-OH is 1. The molecule has 1 heterocycles. The Balaban J connectivity index is 2.16. The minimum atomic E-state index is -4.66. The van der Waals surface area contributed by atoms with Crippen molar-refractivity contribution < 1.29 is 31.5 Å². The first kappa shape index (κ1) is 26.6. The Morgan fingerprint density at radius 1 is 1.25 bits per heavy atom. The summed E-state index contributed by atoms with van der Waals surface area (Å²) in [6.07, 6.45) is -0.365. The summed E-state index contributed by atoms with van der Waals surface area (Å²) in [5.41, 5.74) is -1.04. The number of carbonyl (C=O) groups is 1. The molecule has 0 aromatic heterocycles. The average molecular weight is 479 g/mol. The van der Waals surface area contributed by atoms with Crippen LogP contribution in [0.15, 0.2) is 29.2 Å². The smallest absolute Gasteiger partial charge is 0.395 e. The standard InChI is InChI=1S/C22H33F3N2O4S/c1-3-5-7-17(4-2)21(29)26-12-10-19(11-13-26)27(14-15-28)32(30,31)20-9-6-8-18(16-20)22(23,24)25/h6,8-9,16-17,19,28H,3-5,7,10-15H2,1-2H3. The molecule has 0 bridgehead atoms. The van der Waals surface area contributed by atoms with E-state index in [0.717, 1.165) is 48.2 Å². The van der Waals surface area contributed by atoms with E-state index in [1.54, 1.807) is 4.90 Å². The Hall–Kier alpha value is -1.65. The first-order valence-corrected chi connectivity index (χ1v) is 12.6. The molecule has 1 saturated heterocycles. The molecule has 1 N–H and O–H groups in total. The van der Waals surface area contributed by atoms with Crippen LogP contribution in [0.1, 0.15) is 57.9 Å². The summed E-state index contributed by atoms with van der Waals surface area (Å²) in [5, 5.41) is 9.44. The van der Waals surface area contributed by atoms with E-state index in [-0.39, 0.29) is 18.4 Å². The minimum absolute atomic E-state index is 0.0473. The Labute approximate surface area is 188 Å². The van der Waals surface area contributed by atoms with Crippen molar-refractivity contribution in [2.75, 3.05) is 26.2 Å². The molecule has 1 amide bonds. The summed E-state index contributed by atoms with van der Waals surface area (Å²) >= 11 is 0. The topological polar surface area (TPSA) is 77.9 Å². The van der Waals surface area contributed by atoms with E-state index in [9.17, 15) is 31.5 Å². The average Bonchev–Trinajstić information content (AvgIpc) is 2.77. The van der Waals surface area contributed by atoms with Crippen molar-refractivity contribution >= 4 is 15.9 Å². The highest BCUT2D eigenvalue weighted by atomic mass is 32.2. The van der Waals surface area contributed by atoms with Gasteiger partial charge in [0.2, 0.25) is 15.9 Å². The first-order chi connectivity index (χ1) is 15.1. The molecule has 1 atom stereocenters. The number of alkyl halides is 3. The molecule has 0 aliphatic carbocycles. The van der Waals surface area contributed by atoms with E-state index < -0.39 is 39.3 Å². The van der Waals surface area contributed by atoms with E-state index in [1.165, 1.54) is 0 Å². The van der Waals surface area contributed by atoms with Gasteiger partial charge in [0.05, 0.1) is 17.1 Å². The summed E-state index contributed by atoms with van der Waals surface area (Å²) in [7, 11) is -4.25. The number of unbranched alkanes of at least 4 members (excludes halogenated alkanes) is 1. The van der Waals surface area contributed by atoms with Crippen molar-refractivity contribution in [3.8, 4) is 0 Å². The molecular formula is C22H33F3N2O4S. The van der Waals surface area contributed by atoms with E-state index in [1.807, 2.05) is 6.92 Å². The zero-order valence-corrected chi connectivity index (χ0v) is 19.5. The highest BCUT2D eigenvalue weighted by Crippen LogP contribution is 2.32. The lowest BCUT2D eigenvalue weighted by atomic mass is 9.96. The van der Waals surface area contributed by atoms with Crippen molar-refractivity contribution in [3.63, 3.8) is 0 Å². The summed E-state index contributed by atoms with van der Waals surface area (Å²) < 4.78 is 66.6. The third kappa shape index (κ3) is 6.45. The molecule has 6 nitrogen and oxygen atoms in total. The number of hydrogen-bond donors (Lipinski definition) is 1. The molecule has 182 valence electrons. The molecule has 0 radical (unpaired) electrons. The van der Waals surface area contributed by atoms with Crippen LogP contribution in [0.4, 0.5) is 13.2 Å². The van der Waals surface area contributed by atoms with Crippen molar-refractivity contribution in [2.45, 2.75) is 69.5 Å². The van der Waals surface area contributed by atoms with Crippen LogP contribution in [0.3, 0.4) is 0 Å². The molecule has 1 aliphatic rings. The SMILES string of the molecule is CCCCC(CC)C(=O)N1CCC(N(CCO)S(=O)(=O)c2cccc(C(F)(F)F)c2)CC1. The molecule has 1 aromatic carbocycles. The second-order valence-corrected chi connectivity index (χ2v) is 10.1. The highest BCUT2D eigenvalue weighted by Gasteiger charge is 2.37. The molecule has 1 aliphatic heterocycles. The lowest BCUT2D eigenvalue weighted by Gasteiger charge is -2.38. The van der Waals surface area contributed by atoms with Gasteiger partial charge >= 0.3 is 6.18 Å². The van der Waals surface area contributed by atoms with E-state index in [4.69, 9.17) is 0 Å². The predicted molar refractivity (Wildman–Crippen MR) is 115 cm³/mol. The lowest BCUT2D eigenvalue weighted by molar-refractivity contribution is -0.138. The maximum absolute atomic E-state index is 13.2. The number of nitrogens with zero attached hydrogens (tertiary/aromatic N) is 2. The van der Waals surface area contributed by atoms with Gasteiger partial charge in [-0.2, -0.15) is 17.5 Å². The van der Waals surface area contributed by atoms with Gasteiger partial charge in [0.1, 0.15) is 0 Å². The van der Waals surface area contributed by atoms with Gasteiger partial charge < -0.3 is 10.0 Å². The van der Waals surface area contributed by atoms with Gasteiger partial charge in [-0.15, -0.1) is 0 Å². The second kappa shape index (κ2) is 11.5. The number of amides is 1. The maximum Gasteiger partial charge on any atom is 0.416 e. The van der Waals surface area contributed by atoms with Crippen LogP contribution in [0, 0.1) is 5.92 Å². The fraction of sp³-hybridized carbons (Fsp3) is 0.682. The van der Waals surface area contributed by atoms with Crippen LogP contribution in [0.5, 0.6) is 0 Å². The van der Waals surface area contributed by atoms with Crippen LogP contribution in [0.25, 0.3) is 0 Å². The summed E-state index contributed by atoms with van der Waals surface area (Å²) in [5.74, 6) is 0.0303. The lowest BCUT2D eigenvalue weighted by Crippen LogP contribution is -2.50. The fourth-order valence-electron chi connectivity index (χ4n) is 4.15. The van der Waals surface area contributed by atoms with Crippen LogP contribution in [0.2, 0.25) is 0 Å². The summed E-state index contributed by atoms with van der Waals surface area (Å²) in [4.78, 5) is 14.1. The number of likely N-dealkylation sites (tertiary alicyclic amines) is 1. The predicted octanol–water partition coefficient (Wildman–Crippen LogP) is 3.90. The third-order valence-corrected chi connectivity index (χ3v) is 7.97. The molecular weight excluding hydrogens is 445 g/mol. The Morgan fingerprint density at radius 3 is 2.44 bits per heavy atom. The van der Waals surface area contributed by atoms with Gasteiger partial charge in [-0.25, -0.2) is 8.42 Å². The van der Waals surface area contributed by atoms with Crippen molar-refractivity contribution in [1.82, 2.24) is 9.21 Å². The number of piperidine rings is 1. The Morgan fingerprint density at radius 2 is 1.91 bits per heavy atom. The molecule has 0 saturated carbocycles. The van der Waals surface area contributed by atoms with Crippen molar-refractivity contribution in [1.29, 1.82) is 0 Å². The van der Waals surface area contributed by atoms with Gasteiger partial charge in [0.15, 0.2) is 0 Å². The number of sulfonamides is 1. The normalized spacial score (nSPS) is 17.0. The van der Waals surface area contributed by atoms with E-state index in [0.29, 0.717) is 32.0 Å². The number of hydrogen-bond acceptors (Lipinski definition) is 4. The zero-order valence-electron chi connectivity index (χ0n) is 18.6. The monoisotopic (exact) mass is 478 g/mol. The Kier molecular flexibility index (Phi) is 9.53. The van der Waals surface area contributed by atoms with Crippen LogP contribution in [-0.4, -0.2) is 60.9 Å². The molecule has 1 fully saturated rings. The quantitative estimate of drug-likeness (QED) is 0.553. The van der Waals surface area contributed by atoms with Gasteiger partial charge in [-0.05, 0) is 43.9 Å². The Bertz CT molecular complexity index is 853. The number of halogens is 3. The molecule has 10 heteroatoms. The highest BCUT2D eigenvalue weighted by molar-refractivity contribution is 7.89. The first-order valence-electron chi connectivity index (χ1n) is 11.1. The second-order valence-electron chi connectivity index (χ2n) is 8.17. The van der Waals surface area contributed by atoms with Crippen molar-refractivity contribution in [3.05, 3.63) is 29.8 Å². The summed E-state index contributed by atoms with van der Waals surface area (Å²) in [6, 6.07) is 3.14. The maximum atomic E-state index is 13.2. The summed E-state index contributed by atoms with van der Waals surface area (Å²) in [6.45, 7) is 4.15. The number of carbonyl (C=O) groups excluding carboxylic acids is 1. The van der Waals surface area contributed by atoms with E-state index in [2.05, 4.69) is 6.92 Å². The third-order valence-electron chi connectivity index (χ3n) is 6.02. The van der Waals surface area contributed by atoms with Gasteiger partial charge in [-0.1, -0.05) is 32.8 Å². The number of benzene rings is 1. The van der Waals surface area contributed by atoms with Crippen LogP contribution in [-0.2, 0) is 21.0 Å². The molecule has 1 unspecified atom stereocenters. The molecule has 1 aromatic rings. The number of aliphatic hydroxyl groups is 1. The molecule has 32 heavy (non-hydrogen) atoms. The van der Waals surface area contributed by atoms with Crippen molar-refractivity contribution in [2.24, 2.45) is 5.92 Å². The van der Waals surface area contributed by atoms with Gasteiger partial charge in [0, 0.05) is 31.6 Å². The zero-order chi connectivity index (χ0) is 23.9. The number of rotatable bonds is 10. The van der Waals surface area contributed by atoms with E-state index >= 15 is 0 Å². The van der Waals surface area contributed by atoms with Gasteiger partial charge in [0.25, 0.3) is 0 Å². The van der Waals surface area contributed by atoms with Crippen LogP contribution < -0.4 is 0 Å². The fourth-order valence-corrected chi connectivity index (χ4v) is 5.87. The van der Waals surface area contributed by atoms with Gasteiger partial charge in [-0.3, -0.25) is 4.79 Å². The molecule has 2 rings (SSSR count).